The summed E-state index contributed by atoms with van der Waals surface area (Å²) in [5.74, 6) is 1.26. The zero-order valence-corrected chi connectivity index (χ0v) is 13.5. The number of rotatable bonds is 4. The first-order valence-corrected chi connectivity index (χ1v) is 7.68. The Balaban J connectivity index is 2.04. The number of benzene rings is 1. The van der Waals surface area contributed by atoms with Crippen molar-refractivity contribution < 1.29 is 9.47 Å². The topological polar surface area (TPSA) is 59.5 Å². The van der Waals surface area contributed by atoms with Crippen LogP contribution >= 0.6 is 12.2 Å². The molecular weight excluding hydrogens is 302 g/mol. The molecule has 7 heteroatoms. The summed E-state index contributed by atoms with van der Waals surface area (Å²) in [7, 11) is 4.01. The molecule has 0 saturated carbocycles. The summed E-state index contributed by atoms with van der Waals surface area (Å²) in [5, 5.41) is 0.572. The highest BCUT2D eigenvalue weighted by atomic mass is 32.1. The van der Waals surface area contributed by atoms with Crippen LogP contribution in [0.15, 0.2) is 16.9 Å². The second kappa shape index (κ2) is 6.10. The lowest BCUT2D eigenvalue weighted by Crippen LogP contribution is -2.25. The molecule has 1 aliphatic rings. The molecule has 1 aromatic heterocycles. The van der Waals surface area contributed by atoms with Crippen LogP contribution in [-0.2, 0) is 6.54 Å². The zero-order chi connectivity index (χ0) is 15.7. The number of aromatic amines is 1. The van der Waals surface area contributed by atoms with Crippen molar-refractivity contribution in [2.75, 3.05) is 33.9 Å². The molecule has 0 unspecified atom stereocenters. The van der Waals surface area contributed by atoms with E-state index in [9.17, 15) is 4.79 Å². The maximum atomic E-state index is 12.7. The lowest BCUT2D eigenvalue weighted by Gasteiger charge is -2.19. The summed E-state index contributed by atoms with van der Waals surface area (Å²) in [6, 6.07) is 3.52. The third-order valence-corrected chi connectivity index (χ3v) is 3.95. The molecule has 3 rings (SSSR count). The van der Waals surface area contributed by atoms with Crippen molar-refractivity contribution in [2.45, 2.75) is 13.0 Å². The first-order chi connectivity index (χ1) is 10.6. The molecule has 22 heavy (non-hydrogen) atoms. The summed E-state index contributed by atoms with van der Waals surface area (Å²) < 4.78 is 13.1. The number of aromatic nitrogens is 2. The van der Waals surface area contributed by atoms with Crippen molar-refractivity contribution in [3.8, 4) is 11.5 Å². The first kappa shape index (κ1) is 15.1. The Morgan fingerprint density at radius 3 is 2.64 bits per heavy atom. The Labute approximate surface area is 133 Å². The third-order valence-electron chi connectivity index (χ3n) is 3.63. The van der Waals surface area contributed by atoms with E-state index in [1.54, 1.807) is 16.7 Å². The highest BCUT2D eigenvalue weighted by Crippen LogP contribution is 2.32. The molecule has 0 fully saturated rings. The number of hydrogen-bond acceptors (Lipinski definition) is 5. The minimum atomic E-state index is -0.0884. The van der Waals surface area contributed by atoms with Crippen LogP contribution in [-0.4, -0.2) is 48.3 Å². The van der Waals surface area contributed by atoms with Crippen LogP contribution in [0.4, 0.5) is 0 Å². The number of ether oxygens (including phenoxy) is 2. The number of hydrogen-bond donors (Lipinski definition) is 1. The van der Waals surface area contributed by atoms with Gasteiger partial charge >= 0.3 is 0 Å². The molecule has 6 nitrogen and oxygen atoms in total. The first-order valence-electron chi connectivity index (χ1n) is 7.27. The molecule has 118 valence electrons. The second-order valence-electron chi connectivity index (χ2n) is 5.59. The van der Waals surface area contributed by atoms with Gasteiger partial charge in [-0.1, -0.05) is 0 Å². The fourth-order valence-corrected chi connectivity index (χ4v) is 2.82. The molecule has 0 aliphatic carbocycles. The van der Waals surface area contributed by atoms with Crippen molar-refractivity contribution in [1.82, 2.24) is 14.5 Å². The molecule has 0 spiro atoms. The normalized spacial score (nSPS) is 13.8. The van der Waals surface area contributed by atoms with E-state index in [1.165, 1.54) is 0 Å². The van der Waals surface area contributed by atoms with Gasteiger partial charge in [-0.25, -0.2) is 0 Å². The quantitative estimate of drug-likeness (QED) is 0.870. The van der Waals surface area contributed by atoms with E-state index < -0.39 is 0 Å². The van der Waals surface area contributed by atoms with Gasteiger partial charge in [0.2, 0.25) is 0 Å². The smallest absolute Gasteiger partial charge is 0.262 e. The van der Waals surface area contributed by atoms with Gasteiger partial charge in [-0.2, -0.15) is 0 Å². The summed E-state index contributed by atoms with van der Waals surface area (Å²) in [6.07, 6.45) is 0.862. The van der Waals surface area contributed by atoms with Crippen molar-refractivity contribution in [3.63, 3.8) is 0 Å². The molecule has 1 aliphatic heterocycles. The Kier molecular flexibility index (Phi) is 4.17. The van der Waals surface area contributed by atoms with Crippen LogP contribution in [0.25, 0.3) is 10.9 Å². The van der Waals surface area contributed by atoms with E-state index in [2.05, 4.69) is 9.88 Å². The van der Waals surface area contributed by atoms with E-state index in [0.29, 0.717) is 46.9 Å². The van der Waals surface area contributed by atoms with Crippen molar-refractivity contribution in [3.05, 3.63) is 27.3 Å². The van der Waals surface area contributed by atoms with Crippen LogP contribution in [0.3, 0.4) is 0 Å². The lowest BCUT2D eigenvalue weighted by molar-refractivity contribution is 0.172. The predicted octanol–water partition coefficient (Wildman–Crippen LogP) is 1.78. The Bertz CT molecular complexity index is 810. The van der Waals surface area contributed by atoms with Gasteiger partial charge in [0.15, 0.2) is 16.3 Å². The second-order valence-corrected chi connectivity index (χ2v) is 5.97. The fourth-order valence-electron chi connectivity index (χ4n) is 2.54. The van der Waals surface area contributed by atoms with Crippen LogP contribution < -0.4 is 15.0 Å². The molecule has 0 radical (unpaired) electrons. The molecule has 0 atom stereocenters. The van der Waals surface area contributed by atoms with Gasteiger partial charge in [-0.3, -0.25) is 9.36 Å². The maximum Gasteiger partial charge on any atom is 0.262 e. The number of H-pyrrole nitrogens is 1. The third kappa shape index (κ3) is 2.86. The average molecular weight is 321 g/mol. The van der Waals surface area contributed by atoms with Gasteiger partial charge in [0.1, 0.15) is 13.2 Å². The van der Waals surface area contributed by atoms with Crippen LogP contribution in [0.5, 0.6) is 11.5 Å². The van der Waals surface area contributed by atoms with Gasteiger partial charge in [-0.15, -0.1) is 0 Å². The minimum absolute atomic E-state index is 0.0884. The van der Waals surface area contributed by atoms with Gasteiger partial charge < -0.3 is 19.4 Å². The summed E-state index contributed by atoms with van der Waals surface area (Å²) in [4.78, 5) is 17.9. The van der Waals surface area contributed by atoms with Gasteiger partial charge in [0.05, 0.1) is 10.9 Å². The fraction of sp³-hybridized carbons (Fsp3) is 0.467. The van der Waals surface area contributed by atoms with Crippen LogP contribution in [0, 0.1) is 4.77 Å². The molecule has 1 N–H and O–H groups in total. The highest BCUT2D eigenvalue weighted by Gasteiger charge is 2.15. The Morgan fingerprint density at radius 2 is 1.95 bits per heavy atom. The van der Waals surface area contributed by atoms with E-state index in [4.69, 9.17) is 21.7 Å². The molecule has 1 aromatic carbocycles. The lowest BCUT2D eigenvalue weighted by atomic mass is 10.2. The predicted molar refractivity (Wildman–Crippen MR) is 87.6 cm³/mol. The van der Waals surface area contributed by atoms with Crippen molar-refractivity contribution in [1.29, 1.82) is 0 Å². The van der Waals surface area contributed by atoms with E-state index in [1.807, 2.05) is 14.1 Å². The number of nitrogens with zero attached hydrogens (tertiary/aromatic N) is 2. The molecule has 0 bridgehead atoms. The van der Waals surface area contributed by atoms with Crippen molar-refractivity contribution >= 4 is 23.1 Å². The average Bonchev–Trinajstić information content (AvgIpc) is 2.49. The largest absolute Gasteiger partial charge is 0.486 e. The van der Waals surface area contributed by atoms with E-state index >= 15 is 0 Å². The minimum Gasteiger partial charge on any atom is -0.486 e. The summed E-state index contributed by atoms with van der Waals surface area (Å²) in [5.41, 5.74) is 0.595. The monoisotopic (exact) mass is 321 g/mol. The Hall–Kier alpha value is -1.86. The maximum absolute atomic E-state index is 12.7. The molecule has 2 aromatic rings. The van der Waals surface area contributed by atoms with Crippen LogP contribution in [0.2, 0.25) is 0 Å². The summed E-state index contributed by atoms with van der Waals surface area (Å²) >= 11 is 5.32. The van der Waals surface area contributed by atoms with Crippen LogP contribution in [0.1, 0.15) is 6.42 Å². The van der Waals surface area contributed by atoms with E-state index in [-0.39, 0.29) is 5.56 Å². The number of nitrogens with one attached hydrogen (secondary N) is 1. The van der Waals surface area contributed by atoms with E-state index in [0.717, 1.165) is 13.0 Å². The summed E-state index contributed by atoms with van der Waals surface area (Å²) in [6.45, 7) is 2.51. The van der Waals surface area contributed by atoms with Gasteiger partial charge in [0.25, 0.3) is 5.56 Å². The molecule has 0 amide bonds. The van der Waals surface area contributed by atoms with Crippen molar-refractivity contribution in [2.24, 2.45) is 0 Å². The molecule has 2 heterocycles. The highest BCUT2D eigenvalue weighted by molar-refractivity contribution is 7.71. The van der Waals surface area contributed by atoms with Gasteiger partial charge in [0, 0.05) is 12.6 Å². The Morgan fingerprint density at radius 1 is 1.27 bits per heavy atom. The zero-order valence-electron chi connectivity index (χ0n) is 12.7. The van der Waals surface area contributed by atoms with Gasteiger partial charge in [-0.05, 0) is 45.3 Å². The molecular formula is C15H19N3O3S. The molecule has 0 saturated heterocycles. The standard InChI is InChI=1S/C15H19N3O3S/c1-17(2)4-3-5-18-14(19)10-8-12-13(21-7-6-20-12)9-11(10)16-15(18)22/h8-9H,3-7H2,1-2H3,(H,16,22). The number of fused-ring (bicyclic) bond motifs is 2. The SMILES string of the molecule is CN(C)CCCn1c(=S)[nH]c2cc3c(cc2c1=O)OCCO3.